The van der Waals surface area contributed by atoms with Crippen molar-refractivity contribution in [2.75, 3.05) is 19.9 Å². The molecule has 0 aliphatic heterocycles. The molecule has 2 N–H and O–H groups in total. The van der Waals surface area contributed by atoms with E-state index in [0.717, 1.165) is 30.1 Å². The van der Waals surface area contributed by atoms with E-state index in [1.165, 1.54) is 11.1 Å². The summed E-state index contributed by atoms with van der Waals surface area (Å²) in [5, 5.41) is 0. The molecule has 0 heterocycles. The van der Waals surface area contributed by atoms with Gasteiger partial charge in [-0.25, -0.2) is 0 Å². The molecule has 0 radical (unpaired) electrons. The van der Waals surface area contributed by atoms with Crippen LogP contribution in [-0.2, 0) is 13.1 Å². The fourth-order valence-electron chi connectivity index (χ4n) is 2.34. The topological polar surface area (TPSA) is 38.5 Å². The Morgan fingerprint density at radius 2 is 1.85 bits per heavy atom. The Morgan fingerprint density at radius 3 is 2.55 bits per heavy atom. The van der Waals surface area contributed by atoms with E-state index in [0.29, 0.717) is 0 Å². The van der Waals surface area contributed by atoms with Crippen molar-refractivity contribution in [3.8, 4) is 5.75 Å². The molecule has 3 nitrogen and oxygen atoms in total. The average Bonchev–Trinajstić information content (AvgIpc) is 2.40. The summed E-state index contributed by atoms with van der Waals surface area (Å²) in [7, 11) is 3.78. The zero-order valence-corrected chi connectivity index (χ0v) is 12.4. The lowest BCUT2D eigenvalue weighted by atomic mass is 10.1. The first-order valence-electron chi connectivity index (χ1n) is 6.75. The van der Waals surface area contributed by atoms with Crippen molar-refractivity contribution < 1.29 is 4.74 Å². The Bertz CT molecular complexity index is 581. The lowest BCUT2D eigenvalue weighted by Crippen LogP contribution is -2.18. The summed E-state index contributed by atoms with van der Waals surface area (Å²) in [6.07, 6.45) is 0. The highest BCUT2D eigenvalue weighted by molar-refractivity contribution is 5.47. The largest absolute Gasteiger partial charge is 0.497 e. The summed E-state index contributed by atoms with van der Waals surface area (Å²) in [4.78, 5) is 2.27. The Kier molecular flexibility index (Phi) is 4.64. The van der Waals surface area contributed by atoms with Crippen LogP contribution in [0.2, 0.25) is 0 Å². The summed E-state index contributed by atoms with van der Waals surface area (Å²) in [6.45, 7) is 3.91. The minimum Gasteiger partial charge on any atom is -0.497 e. The van der Waals surface area contributed by atoms with Gasteiger partial charge in [0, 0.05) is 24.8 Å². The molecule has 2 aromatic rings. The second-order valence-corrected chi connectivity index (χ2v) is 5.21. The number of ether oxygens (including phenoxy) is 1. The lowest BCUT2D eigenvalue weighted by molar-refractivity contribution is 0.317. The number of aryl methyl sites for hydroxylation is 1. The van der Waals surface area contributed by atoms with E-state index in [2.05, 4.69) is 43.1 Å². The predicted molar refractivity (Wildman–Crippen MR) is 83.8 cm³/mol. The number of nitrogens with zero attached hydrogens (tertiary/aromatic N) is 1. The van der Waals surface area contributed by atoms with E-state index < -0.39 is 0 Å². The molecular formula is C17H22N2O. The van der Waals surface area contributed by atoms with Crippen LogP contribution in [0.5, 0.6) is 5.75 Å². The van der Waals surface area contributed by atoms with Gasteiger partial charge in [-0.15, -0.1) is 0 Å². The van der Waals surface area contributed by atoms with E-state index in [-0.39, 0.29) is 0 Å². The Balaban J connectivity index is 2.06. The van der Waals surface area contributed by atoms with Crippen LogP contribution in [0.4, 0.5) is 5.69 Å². The van der Waals surface area contributed by atoms with Crippen molar-refractivity contribution in [3.05, 3.63) is 59.2 Å². The second kappa shape index (κ2) is 6.44. The average molecular weight is 270 g/mol. The van der Waals surface area contributed by atoms with Gasteiger partial charge in [-0.2, -0.15) is 0 Å². The first kappa shape index (κ1) is 14.4. The van der Waals surface area contributed by atoms with E-state index in [9.17, 15) is 0 Å². The summed E-state index contributed by atoms with van der Waals surface area (Å²) in [5.41, 5.74) is 10.5. The smallest absolute Gasteiger partial charge is 0.121 e. The van der Waals surface area contributed by atoms with E-state index in [1.807, 2.05) is 18.2 Å². The normalized spacial score (nSPS) is 10.8. The van der Waals surface area contributed by atoms with E-state index in [1.54, 1.807) is 7.11 Å². The van der Waals surface area contributed by atoms with Crippen LogP contribution in [0.3, 0.4) is 0 Å². The molecule has 0 aliphatic rings. The fourth-order valence-corrected chi connectivity index (χ4v) is 2.34. The monoisotopic (exact) mass is 270 g/mol. The maximum atomic E-state index is 5.89. The van der Waals surface area contributed by atoms with Crippen LogP contribution < -0.4 is 10.5 Å². The van der Waals surface area contributed by atoms with Gasteiger partial charge in [0.25, 0.3) is 0 Å². The number of hydrogen-bond donors (Lipinski definition) is 1. The van der Waals surface area contributed by atoms with Crippen molar-refractivity contribution in [2.45, 2.75) is 20.0 Å². The quantitative estimate of drug-likeness (QED) is 0.848. The molecule has 0 saturated carbocycles. The van der Waals surface area contributed by atoms with Gasteiger partial charge in [-0.05, 0) is 42.8 Å². The maximum absolute atomic E-state index is 5.89. The number of benzene rings is 2. The van der Waals surface area contributed by atoms with Crippen molar-refractivity contribution in [1.29, 1.82) is 0 Å². The minimum absolute atomic E-state index is 0.739. The molecule has 20 heavy (non-hydrogen) atoms. The molecule has 0 unspecified atom stereocenters. The van der Waals surface area contributed by atoms with Gasteiger partial charge < -0.3 is 10.5 Å². The molecule has 2 rings (SSSR count). The third kappa shape index (κ3) is 3.75. The van der Waals surface area contributed by atoms with Crippen LogP contribution in [0, 0.1) is 6.92 Å². The van der Waals surface area contributed by atoms with Gasteiger partial charge in [-0.3, -0.25) is 4.90 Å². The van der Waals surface area contributed by atoms with Gasteiger partial charge in [0.05, 0.1) is 7.11 Å². The highest BCUT2D eigenvalue weighted by Gasteiger charge is 2.06. The van der Waals surface area contributed by atoms with Gasteiger partial charge >= 0.3 is 0 Å². The van der Waals surface area contributed by atoms with Gasteiger partial charge in [0.2, 0.25) is 0 Å². The highest BCUT2D eigenvalue weighted by Crippen LogP contribution is 2.20. The first-order valence-corrected chi connectivity index (χ1v) is 6.75. The molecule has 106 valence electrons. The summed E-state index contributed by atoms with van der Waals surface area (Å²) >= 11 is 0. The predicted octanol–water partition coefficient (Wildman–Crippen LogP) is 3.22. The number of hydrogen-bond acceptors (Lipinski definition) is 3. The van der Waals surface area contributed by atoms with Crippen LogP contribution in [0.1, 0.15) is 16.7 Å². The molecule has 3 heteroatoms. The van der Waals surface area contributed by atoms with Crippen molar-refractivity contribution in [3.63, 3.8) is 0 Å². The molecule has 0 atom stereocenters. The molecule has 0 amide bonds. The highest BCUT2D eigenvalue weighted by atomic mass is 16.5. The maximum Gasteiger partial charge on any atom is 0.121 e. The second-order valence-electron chi connectivity index (χ2n) is 5.21. The summed E-state index contributed by atoms with van der Waals surface area (Å²) in [6, 6.07) is 14.3. The first-order chi connectivity index (χ1) is 9.58. The van der Waals surface area contributed by atoms with E-state index >= 15 is 0 Å². The molecule has 0 fully saturated rings. The third-order valence-corrected chi connectivity index (χ3v) is 3.38. The Hall–Kier alpha value is -2.00. The van der Waals surface area contributed by atoms with Crippen LogP contribution in [0.15, 0.2) is 42.5 Å². The van der Waals surface area contributed by atoms with Crippen molar-refractivity contribution >= 4 is 5.69 Å². The lowest BCUT2D eigenvalue weighted by Gasteiger charge is -2.18. The molecular weight excluding hydrogens is 248 g/mol. The molecule has 0 spiro atoms. The SMILES string of the molecule is COc1cc(N)cc(CN(C)Cc2ccccc2C)c1. The summed E-state index contributed by atoms with van der Waals surface area (Å²) in [5.74, 6) is 0.810. The van der Waals surface area contributed by atoms with Gasteiger partial charge in [0.15, 0.2) is 0 Å². The molecule has 0 bridgehead atoms. The Morgan fingerprint density at radius 1 is 1.10 bits per heavy atom. The van der Waals surface area contributed by atoms with E-state index in [4.69, 9.17) is 10.5 Å². The zero-order valence-electron chi connectivity index (χ0n) is 12.4. The molecule has 0 aromatic heterocycles. The number of anilines is 1. The molecule has 0 aliphatic carbocycles. The van der Waals surface area contributed by atoms with Crippen LogP contribution >= 0.6 is 0 Å². The number of nitrogen functional groups attached to an aromatic ring is 1. The number of rotatable bonds is 5. The standard InChI is InChI=1S/C17H22N2O/c1-13-6-4-5-7-15(13)12-19(2)11-14-8-16(18)10-17(9-14)20-3/h4-10H,11-12,18H2,1-3H3. The minimum atomic E-state index is 0.739. The number of methoxy groups -OCH3 is 1. The molecule has 2 aromatic carbocycles. The molecule has 0 saturated heterocycles. The van der Waals surface area contributed by atoms with Crippen molar-refractivity contribution in [1.82, 2.24) is 4.90 Å². The van der Waals surface area contributed by atoms with Gasteiger partial charge in [-0.1, -0.05) is 24.3 Å². The van der Waals surface area contributed by atoms with Crippen molar-refractivity contribution in [2.24, 2.45) is 0 Å². The Labute approximate surface area is 121 Å². The fraction of sp³-hybridized carbons (Fsp3) is 0.294. The summed E-state index contributed by atoms with van der Waals surface area (Å²) < 4.78 is 5.26. The van der Waals surface area contributed by atoms with Crippen LogP contribution in [0.25, 0.3) is 0 Å². The number of nitrogens with two attached hydrogens (primary N) is 1. The zero-order chi connectivity index (χ0) is 14.5. The third-order valence-electron chi connectivity index (χ3n) is 3.38. The van der Waals surface area contributed by atoms with Gasteiger partial charge in [0.1, 0.15) is 5.75 Å². The van der Waals surface area contributed by atoms with Crippen LogP contribution in [-0.4, -0.2) is 19.1 Å².